The molecular formula is C17H20N2. The predicted octanol–water partition coefficient (Wildman–Crippen LogP) is 3.48. The zero-order valence-corrected chi connectivity index (χ0v) is 11.3. The Morgan fingerprint density at radius 2 is 2.00 bits per heavy atom. The van der Waals surface area contributed by atoms with Crippen molar-refractivity contribution >= 4 is 11.4 Å². The van der Waals surface area contributed by atoms with Crippen LogP contribution in [0, 0.1) is 5.92 Å². The lowest BCUT2D eigenvalue weighted by Crippen LogP contribution is -2.30. The van der Waals surface area contributed by atoms with E-state index >= 15 is 0 Å². The number of para-hydroxylation sites is 1. The van der Waals surface area contributed by atoms with Crippen molar-refractivity contribution in [1.29, 1.82) is 0 Å². The molecule has 0 spiro atoms. The third kappa shape index (κ3) is 2.36. The van der Waals surface area contributed by atoms with Gasteiger partial charge in [-0.3, -0.25) is 0 Å². The van der Waals surface area contributed by atoms with Crippen LogP contribution < -0.4 is 10.6 Å². The van der Waals surface area contributed by atoms with Crippen LogP contribution in [0.5, 0.6) is 0 Å². The first-order chi connectivity index (χ1) is 9.28. The van der Waals surface area contributed by atoms with Crippen LogP contribution in [0.25, 0.3) is 0 Å². The molecule has 0 bridgehead atoms. The fourth-order valence-corrected chi connectivity index (χ4v) is 2.89. The maximum atomic E-state index is 5.75. The Hall–Kier alpha value is -1.80. The Morgan fingerprint density at radius 1 is 1.16 bits per heavy atom. The molecule has 1 aliphatic heterocycles. The smallest absolute Gasteiger partial charge is 0.0443 e. The molecule has 1 atom stereocenters. The summed E-state index contributed by atoms with van der Waals surface area (Å²) < 4.78 is 0. The highest BCUT2D eigenvalue weighted by Gasteiger charge is 2.22. The number of hydrogen-bond donors (Lipinski definition) is 1. The van der Waals surface area contributed by atoms with Gasteiger partial charge in [0.2, 0.25) is 0 Å². The average Bonchev–Trinajstić information content (AvgIpc) is 2.46. The molecule has 98 valence electrons. The molecule has 2 aromatic rings. The fourth-order valence-electron chi connectivity index (χ4n) is 2.89. The molecule has 2 N–H and O–H groups in total. The van der Waals surface area contributed by atoms with Crippen LogP contribution in [0.4, 0.5) is 11.4 Å². The second-order valence-corrected chi connectivity index (χ2v) is 5.42. The van der Waals surface area contributed by atoms with Gasteiger partial charge in [-0.15, -0.1) is 0 Å². The summed E-state index contributed by atoms with van der Waals surface area (Å²) in [5.41, 5.74) is 11.0. The normalized spacial score (nSPS) is 18.2. The van der Waals surface area contributed by atoms with E-state index in [9.17, 15) is 0 Å². The van der Waals surface area contributed by atoms with Gasteiger partial charge in [0, 0.05) is 24.5 Å². The molecule has 2 nitrogen and oxygen atoms in total. The molecule has 2 heteroatoms. The Bertz CT molecular complexity index is 577. The van der Waals surface area contributed by atoms with Crippen molar-refractivity contribution in [3.8, 4) is 0 Å². The monoisotopic (exact) mass is 252 g/mol. The van der Waals surface area contributed by atoms with Crippen LogP contribution in [-0.4, -0.2) is 6.54 Å². The maximum absolute atomic E-state index is 5.75. The Balaban J connectivity index is 2.04. The first kappa shape index (κ1) is 12.2. The van der Waals surface area contributed by atoms with Crippen LogP contribution in [0.1, 0.15) is 18.1 Å². The third-order valence-corrected chi connectivity index (χ3v) is 3.80. The van der Waals surface area contributed by atoms with Crippen LogP contribution in [-0.2, 0) is 13.0 Å². The quantitative estimate of drug-likeness (QED) is 0.886. The molecule has 0 saturated heterocycles. The molecule has 1 aliphatic rings. The summed E-state index contributed by atoms with van der Waals surface area (Å²) in [7, 11) is 0. The van der Waals surface area contributed by atoms with E-state index in [1.54, 1.807) is 0 Å². The van der Waals surface area contributed by atoms with Crippen molar-refractivity contribution in [1.82, 2.24) is 0 Å². The second kappa shape index (κ2) is 5.06. The van der Waals surface area contributed by atoms with Crippen molar-refractivity contribution < 1.29 is 0 Å². The molecule has 0 fully saturated rings. The standard InChI is InChI=1S/C17H20N2/c1-13-9-15-6-2-3-8-17(15)19(12-13)16-7-4-5-14(10-16)11-18/h2-8,10,13H,9,11-12,18H2,1H3. The van der Waals surface area contributed by atoms with E-state index in [0.717, 1.165) is 6.54 Å². The first-order valence-corrected chi connectivity index (χ1v) is 6.92. The second-order valence-electron chi connectivity index (χ2n) is 5.42. The predicted molar refractivity (Wildman–Crippen MR) is 80.6 cm³/mol. The van der Waals surface area contributed by atoms with Gasteiger partial charge >= 0.3 is 0 Å². The maximum Gasteiger partial charge on any atom is 0.0443 e. The zero-order chi connectivity index (χ0) is 13.2. The van der Waals surface area contributed by atoms with Gasteiger partial charge < -0.3 is 10.6 Å². The third-order valence-electron chi connectivity index (χ3n) is 3.80. The van der Waals surface area contributed by atoms with Gasteiger partial charge in [-0.25, -0.2) is 0 Å². The van der Waals surface area contributed by atoms with E-state index in [1.807, 2.05) is 0 Å². The molecule has 0 amide bonds. The van der Waals surface area contributed by atoms with E-state index < -0.39 is 0 Å². The summed E-state index contributed by atoms with van der Waals surface area (Å²) in [4.78, 5) is 2.42. The van der Waals surface area contributed by atoms with Gasteiger partial charge in [0.1, 0.15) is 0 Å². The number of benzene rings is 2. The van der Waals surface area contributed by atoms with E-state index in [0.29, 0.717) is 12.5 Å². The number of hydrogen-bond acceptors (Lipinski definition) is 2. The molecule has 0 radical (unpaired) electrons. The van der Waals surface area contributed by atoms with Gasteiger partial charge in [-0.1, -0.05) is 37.3 Å². The lowest BCUT2D eigenvalue weighted by Gasteiger charge is -2.35. The van der Waals surface area contributed by atoms with E-state index in [2.05, 4.69) is 60.4 Å². The molecule has 0 saturated carbocycles. The van der Waals surface area contributed by atoms with Gasteiger partial charge in [0.05, 0.1) is 0 Å². The lowest BCUT2D eigenvalue weighted by molar-refractivity contribution is 0.562. The number of nitrogens with two attached hydrogens (primary N) is 1. The van der Waals surface area contributed by atoms with Crippen molar-refractivity contribution in [2.45, 2.75) is 19.9 Å². The van der Waals surface area contributed by atoms with Crippen molar-refractivity contribution in [3.05, 3.63) is 59.7 Å². The minimum absolute atomic E-state index is 0.596. The van der Waals surface area contributed by atoms with Crippen molar-refractivity contribution in [2.75, 3.05) is 11.4 Å². The van der Waals surface area contributed by atoms with E-state index in [-0.39, 0.29) is 0 Å². The summed E-state index contributed by atoms with van der Waals surface area (Å²) in [6.07, 6.45) is 1.17. The molecule has 19 heavy (non-hydrogen) atoms. The van der Waals surface area contributed by atoms with Crippen molar-refractivity contribution in [3.63, 3.8) is 0 Å². The largest absolute Gasteiger partial charge is 0.341 e. The zero-order valence-electron chi connectivity index (χ0n) is 11.3. The van der Waals surface area contributed by atoms with Gasteiger partial charge in [-0.05, 0) is 41.7 Å². The number of nitrogens with zero attached hydrogens (tertiary/aromatic N) is 1. The first-order valence-electron chi connectivity index (χ1n) is 6.92. The molecule has 3 rings (SSSR count). The summed E-state index contributed by atoms with van der Waals surface area (Å²) in [5, 5.41) is 0. The topological polar surface area (TPSA) is 29.3 Å². The van der Waals surface area contributed by atoms with E-state index in [4.69, 9.17) is 5.73 Å². The minimum Gasteiger partial charge on any atom is -0.341 e. The minimum atomic E-state index is 0.596. The van der Waals surface area contributed by atoms with Crippen molar-refractivity contribution in [2.24, 2.45) is 11.7 Å². The summed E-state index contributed by atoms with van der Waals surface area (Å²) in [6, 6.07) is 17.3. The highest BCUT2D eigenvalue weighted by molar-refractivity contribution is 5.68. The molecule has 1 heterocycles. The Morgan fingerprint density at radius 3 is 2.84 bits per heavy atom. The molecular weight excluding hydrogens is 232 g/mol. The Kier molecular flexibility index (Phi) is 3.26. The number of fused-ring (bicyclic) bond motifs is 1. The molecule has 0 aromatic heterocycles. The van der Waals surface area contributed by atoms with Gasteiger partial charge in [0.15, 0.2) is 0 Å². The SMILES string of the molecule is CC1Cc2ccccc2N(c2cccc(CN)c2)C1. The number of anilines is 2. The van der Waals surface area contributed by atoms with Crippen LogP contribution in [0.3, 0.4) is 0 Å². The van der Waals surface area contributed by atoms with E-state index in [1.165, 1.54) is 28.9 Å². The van der Waals surface area contributed by atoms with Gasteiger partial charge in [-0.2, -0.15) is 0 Å². The molecule has 1 unspecified atom stereocenters. The highest BCUT2D eigenvalue weighted by atomic mass is 15.1. The Labute approximate surface area is 114 Å². The van der Waals surface area contributed by atoms with Crippen LogP contribution in [0.15, 0.2) is 48.5 Å². The van der Waals surface area contributed by atoms with Crippen LogP contribution in [0.2, 0.25) is 0 Å². The van der Waals surface area contributed by atoms with Crippen LogP contribution >= 0.6 is 0 Å². The average molecular weight is 252 g/mol. The lowest BCUT2D eigenvalue weighted by atomic mass is 9.93. The molecule has 2 aromatic carbocycles. The molecule has 0 aliphatic carbocycles. The fraction of sp³-hybridized carbons (Fsp3) is 0.294. The number of rotatable bonds is 2. The summed E-state index contributed by atoms with van der Waals surface area (Å²) in [6.45, 7) is 3.99. The summed E-state index contributed by atoms with van der Waals surface area (Å²) in [5.74, 6) is 0.677. The van der Waals surface area contributed by atoms with Gasteiger partial charge in [0.25, 0.3) is 0 Å². The highest BCUT2D eigenvalue weighted by Crippen LogP contribution is 2.35. The summed E-state index contributed by atoms with van der Waals surface area (Å²) >= 11 is 0.